The molecular formula is C17H27N3O. The van der Waals surface area contributed by atoms with Crippen LogP contribution < -0.4 is 10.6 Å². The highest BCUT2D eigenvalue weighted by Crippen LogP contribution is 2.17. The van der Waals surface area contributed by atoms with E-state index in [1.165, 1.54) is 25.9 Å². The van der Waals surface area contributed by atoms with Crippen LogP contribution in [0.4, 0.5) is 10.5 Å². The van der Waals surface area contributed by atoms with Crippen molar-refractivity contribution in [2.75, 3.05) is 25.0 Å². The molecule has 0 aromatic heterocycles. The molecule has 2 N–H and O–H groups in total. The van der Waals surface area contributed by atoms with Crippen molar-refractivity contribution in [3.63, 3.8) is 0 Å². The first-order chi connectivity index (χ1) is 10.1. The molecule has 2 amide bonds. The van der Waals surface area contributed by atoms with Gasteiger partial charge >= 0.3 is 6.03 Å². The predicted octanol–water partition coefficient (Wildman–Crippen LogP) is 3.32. The summed E-state index contributed by atoms with van der Waals surface area (Å²) < 4.78 is 0. The van der Waals surface area contributed by atoms with Crippen LogP contribution in [-0.4, -0.2) is 36.6 Å². The normalized spacial score (nSPS) is 16.9. The number of rotatable bonds is 6. The van der Waals surface area contributed by atoms with Crippen LogP contribution in [0, 0.1) is 5.92 Å². The number of urea groups is 1. The number of likely N-dealkylation sites (tertiary alicyclic amines) is 1. The monoisotopic (exact) mass is 289 g/mol. The summed E-state index contributed by atoms with van der Waals surface area (Å²) in [6.07, 6.45) is 3.70. The van der Waals surface area contributed by atoms with Crippen molar-refractivity contribution in [1.29, 1.82) is 0 Å². The Kier molecular flexibility index (Phi) is 6.05. The SMILES string of the molecule is CC(C)CC(CNC(=O)Nc1ccccc1)N1CCCC1. The Labute approximate surface area is 127 Å². The van der Waals surface area contributed by atoms with Crippen LogP contribution in [0.1, 0.15) is 33.1 Å². The quantitative estimate of drug-likeness (QED) is 0.844. The molecule has 4 nitrogen and oxygen atoms in total. The molecule has 1 atom stereocenters. The lowest BCUT2D eigenvalue weighted by Crippen LogP contribution is -2.44. The van der Waals surface area contributed by atoms with Gasteiger partial charge in [0, 0.05) is 18.3 Å². The standard InChI is InChI=1S/C17H27N3O/c1-14(2)12-16(20-10-6-7-11-20)13-18-17(21)19-15-8-4-3-5-9-15/h3-5,8-9,14,16H,6-7,10-13H2,1-2H3,(H2,18,19,21). The maximum atomic E-state index is 12.0. The summed E-state index contributed by atoms with van der Waals surface area (Å²) in [7, 11) is 0. The Hall–Kier alpha value is -1.55. The van der Waals surface area contributed by atoms with E-state index >= 15 is 0 Å². The molecule has 116 valence electrons. The van der Waals surface area contributed by atoms with Gasteiger partial charge in [0.2, 0.25) is 0 Å². The molecule has 21 heavy (non-hydrogen) atoms. The Morgan fingerprint density at radius 3 is 2.48 bits per heavy atom. The topological polar surface area (TPSA) is 44.4 Å². The summed E-state index contributed by atoms with van der Waals surface area (Å²) in [4.78, 5) is 14.5. The van der Waals surface area contributed by atoms with Crippen LogP contribution in [-0.2, 0) is 0 Å². The first-order valence-corrected chi connectivity index (χ1v) is 7.99. The summed E-state index contributed by atoms with van der Waals surface area (Å²) in [5.74, 6) is 0.648. The molecule has 1 unspecified atom stereocenters. The smallest absolute Gasteiger partial charge is 0.319 e. The fourth-order valence-corrected chi connectivity index (χ4v) is 2.92. The van der Waals surface area contributed by atoms with E-state index in [0.717, 1.165) is 18.7 Å². The molecule has 0 bridgehead atoms. The van der Waals surface area contributed by atoms with Crippen molar-refractivity contribution in [3.8, 4) is 0 Å². The molecule has 4 heteroatoms. The van der Waals surface area contributed by atoms with Gasteiger partial charge in [-0.25, -0.2) is 4.79 Å². The van der Waals surface area contributed by atoms with Gasteiger partial charge in [-0.3, -0.25) is 4.90 Å². The highest BCUT2D eigenvalue weighted by atomic mass is 16.2. The predicted molar refractivity (Wildman–Crippen MR) is 87.5 cm³/mol. The maximum Gasteiger partial charge on any atom is 0.319 e. The van der Waals surface area contributed by atoms with Crippen molar-refractivity contribution in [2.45, 2.75) is 39.2 Å². The summed E-state index contributed by atoms with van der Waals surface area (Å²) in [6, 6.07) is 9.90. The van der Waals surface area contributed by atoms with Crippen LogP contribution in [0.5, 0.6) is 0 Å². The number of hydrogen-bond acceptors (Lipinski definition) is 2. The number of amides is 2. The lowest BCUT2D eigenvalue weighted by molar-refractivity contribution is 0.204. The average Bonchev–Trinajstić information content (AvgIpc) is 2.98. The second kappa shape index (κ2) is 8.03. The second-order valence-electron chi connectivity index (χ2n) is 6.23. The molecule has 1 heterocycles. The molecule has 2 rings (SSSR count). The fraction of sp³-hybridized carbons (Fsp3) is 0.588. The number of benzene rings is 1. The van der Waals surface area contributed by atoms with Crippen molar-refractivity contribution in [1.82, 2.24) is 10.2 Å². The second-order valence-corrected chi connectivity index (χ2v) is 6.23. The van der Waals surface area contributed by atoms with Crippen molar-refractivity contribution >= 4 is 11.7 Å². The first kappa shape index (κ1) is 15.8. The minimum absolute atomic E-state index is 0.117. The molecule has 0 saturated carbocycles. The van der Waals surface area contributed by atoms with Crippen molar-refractivity contribution in [3.05, 3.63) is 30.3 Å². The largest absolute Gasteiger partial charge is 0.336 e. The van der Waals surface area contributed by atoms with E-state index < -0.39 is 0 Å². The van der Waals surface area contributed by atoms with Gasteiger partial charge in [0.15, 0.2) is 0 Å². The van der Waals surface area contributed by atoms with E-state index in [1.807, 2.05) is 30.3 Å². The molecule has 1 aromatic rings. The summed E-state index contributed by atoms with van der Waals surface area (Å²) in [5, 5.41) is 5.89. The van der Waals surface area contributed by atoms with Gasteiger partial charge in [-0.1, -0.05) is 32.0 Å². The van der Waals surface area contributed by atoms with Crippen molar-refractivity contribution < 1.29 is 4.79 Å². The average molecular weight is 289 g/mol. The molecule has 1 fully saturated rings. The number of hydrogen-bond donors (Lipinski definition) is 2. The zero-order valence-corrected chi connectivity index (χ0v) is 13.1. The molecule has 0 radical (unpaired) electrons. The Bertz CT molecular complexity index is 427. The number of nitrogens with zero attached hydrogens (tertiary/aromatic N) is 1. The van der Waals surface area contributed by atoms with E-state index in [0.29, 0.717) is 12.0 Å². The van der Waals surface area contributed by atoms with Gasteiger partial charge in [0.25, 0.3) is 0 Å². The Morgan fingerprint density at radius 2 is 1.86 bits per heavy atom. The first-order valence-electron chi connectivity index (χ1n) is 7.99. The third-order valence-electron chi connectivity index (χ3n) is 3.93. The lowest BCUT2D eigenvalue weighted by atomic mass is 10.0. The third kappa shape index (κ3) is 5.38. The summed E-state index contributed by atoms with van der Waals surface area (Å²) in [5.41, 5.74) is 0.830. The molecule has 0 aliphatic carbocycles. The molecule has 1 saturated heterocycles. The van der Waals surface area contributed by atoms with Gasteiger partial charge in [-0.15, -0.1) is 0 Å². The van der Waals surface area contributed by atoms with Gasteiger partial charge in [-0.05, 0) is 50.4 Å². The number of carbonyl (C=O) groups is 1. The van der Waals surface area contributed by atoms with E-state index in [1.54, 1.807) is 0 Å². The van der Waals surface area contributed by atoms with E-state index in [4.69, 9.17) is 0 Å². The molecule has 1 aliphatic heterocycles. The Balaban J connectivity index is 1.81. The highest BCUT2D eigenvalue weighted by molar-refractivity contribution is 5.89. The van der Waals surface area contributed by atoms with Crippen LogP contribution in [0.15, 0.2) is 30.3 Å². The van der Waals surface area contributed by atoms with Gasteiger partial charge in [0.05, 0.1) is 0 Å². The summed E-state index contributed by atoms with van der Waals surface area (Å²) >= 11 is 0. The molecular weight excluding hydrogens is 262 g/mol. The zero-order valence-electron chi connectivity index (χ0n) is 13.1. The lowest BCUT2D eigenvalue weighted by Gasteiger charge is -2.29. The van der Waals surface area contributed by atoms with Crippen molar-refractivity contribution in [2.24, 2.45) is 5.92 Å². The molecule has 0 spiro atoms. The maximum absolute atomic E-state index is 12.0. The van der Waals surface area contributed by atoms with Gasteiger partial charge in [-0.2, -0.15) is 0 Å². The number of para-hydroxylation sites is 1. The summed E-state index contributed by atoms with van der Waals surface area (Å²) in [6.45, 7) is 7.54. The number of anilines is 1. The van der Waals surface area contributed by atoms with Crippen LogP contribution in [0.2, 0.25) is 0 Å². The van der Waals surface area contributed by atoms with Crippen LogP contribution in [0.3, 0.4) is 0 Å². The van der Waals surface area contributed by atoms with Crippen LogP contribution in [0.25, 0.3) is 0 Å². The third-order valence-corrected chi connectivity index (χ3v) is 3.93. The van der Waals surface area contributed by atoms with E-state index in [-0.39, 0.29) is 6.03 Å². The van der Waals surface area contributed by atoms with E-state index in [2.05, 4.69) is 29.4 Å². The van der Waals surface area contributed by atoms with E-state index in [9.17, 15) is 4.79 Å². The van der Waals surface area contributed by atoms with Gasteiger partial charge < -0.3 is 10.6 Å². The van der Waals surface area contributed by atoms with Gasteiger partial charge in [0.1, 0.15) is 0 Å². The highest BCUT2D eigenvalue weighted by Gasteiger charge is 2.23. The zero-order chi connectivity index (χ0) is 15.1. The minimum Gasteiger partial charge on any atom is -0.336 e. The Morgan fingerprint density at radius 1 is 1.19 bits per heavy atom. The fourth-order valence-electron chi connectivity index (χ4n) is 2.92. The molecule has 1 aromatic carbocycles. The minimum atomic E-state index is -0.117. The number of carbonyl (C=O) groups excluding carboxylic acids is 1. The number of nitrogens with one attached hydrogen (secondary N) is 2. The molecule has 1 aliphatic rings. The van der Waals surface area contributed by atoms with Crippen LogP contribution >= 0.6 is 0 Å².